The van der Waals surface area contributed by atoms with Gasteiger partial charge in [-0.3, -0.25) is 19.3 Å². The van der Waals surface area contributed by atoms with Crippen molar-refractivity contribution in [3.63, 3.8) is 0 Å². The van der Waals surface area contributed by atoms with Gasteiger partial charge in [-0.1, -0.05) is 17.4 Å². The molecule has 2 unspecified atom stereocenters. The first-order chi connectivity index (χ1) is 19.8. The Labute approximate surface area is 252 Å². The van der Waals surface area contributed by atoms with Crippen molar-refractivity contribution in [1.82, 2.24) is 20.1 Å². The van der Waals surface area contributed by atoms with Gasteiger partial charge in [0.25, 0.3) is 11.8 Å². The van der Waals surface area contributed by atoms with Crippen LogP contribution in [0, 0.1) is 0 Å². The number of aromatic nitrogens is 1. The van der Waals surface area contributed by atoms with Crippen molar-refractivity contribution in [3.8, 4) is 0 Å². The number of carbonyl (C=O) groups excluding carboxylic acids is 2. The van der Waals surface area contributed by atoms with Crippen LogP contribution in [0.4, 0.5) is 5.13 Å². The van der Waals surface area contributed by atoms with E-state index in [0.717, 1.165) is 33.4 Å². The van der Waals surface area contributed by atoms with Gasteiger partial charge in [-0.25, -0.2) is 14.8 Å². The summed E-state index contributed by atoms with van der Waals surface area (Å²) in [6.45, 7) is 3.76. The summed E-state index contributed by atoms with van der Waals surface area (Å²) < 4.78 is 0. The van der Waals surface area contributed by atoms with Crippen molar-refractivity contribution in [1.29, 1.82) is 0 Å². The molecule has 1 saturated heterocycles. The molecule has 4 atom stereocenters. The molecule has 0 aromatic carbocycles. The number of likely N-dealkylation sites (N-methyl/N-ethyl adjacent to an activating group) is 1. The molecule has 0 radical (unpaired) electrons. The Morgan fingerprint density at radius 2 is 2.10 bits per heavy atom. The summed E-state index contributed by atoms with van der Waals surface area (Å²) >= 11 is 7.34. The van der Waals surface area contributed by atoms with Crippen LogP contribution in [-0.2, 0) is 24.0 Å². The normalized spacial score (nSPS) is 24.6. The average molecular weight is 638 g/mol. The highest BCUT2D eigenvalue weighted by atomic mass is 32.2. The average Bonchev–Trinajstić information content (AvgIpc) is 3.35. The molecule has 1 aromatic heterocycles. The Kier molecular flexibility index (Phi) is 8.85. The number of thiocarbonyl (C=S) groups is 1. The zero-order valence-corrected chi connectivity index (χ0v) is 24.7. The fourth-order valence-corrected chi connectivity index (χ4v) is 6.85. The van der Waals surface area contributed by atoms with Gasteiger partial charge >= 0.3 is 11.9 Å². The molecule has 0 bridgehead atoms. The summed E-state index contributed by atoms with van der Waals surface area (Å²) in [5, 5.41) is 27.2. The largest absolute Gasteiger partial charge is 0.481 e. The lowest BCUT2D eigenvalue weighted by Gasteiger charge is -2.55. The Morgan fingerprint density at radius 1 is 1.38 bits per heavy atom. The maximum Gasteiger partial charge on any atom is 0.353 e. The number of oxime groups is 1. The number of rotatable bonds is 11. The molecule has 3 aliphatic heterocycles. The van der Waals surface area contributed by atoms with E-state index < -0.39 is 53.4 Å². The fourth-order valence-electron chi connectivity index (χ4n) is 4.47. The molecule has 1 fully saturated rings. The van der Waals surface area contributed by atoms with Gasteiger partial charge < -0.3 is 42.5 Å². The number of carbonyl (C=O) groups is 4. The number of β-lactam (4-membered cyclic amide) rings is 1. The second-order valence-electron chi connectivity index (χ2n) is 9.24. The molecule has 19 heteroatoms. The number of guanidine groups is 1. The van der Waals surface area contributed by atoms with Crippen molar-refractivity contribution in [2.24, 2.45) is 21.6 Å². The minimum absolute atomic E-state index is 0.0162. The van der Waals surface area contributed by atoms with Crippen LogP contribution in [0.3, 0.4) is 0 Å². The summed E-state index contributed by atoms with van der Waals surface area (Å²) in [6, 6.07) is 0. The molecular weight excluding hydrogens is 611 g/mol. The van der Waals surface area contributed by atoms with Crippen molar-refractivity contribution in [3.05, 3.63) is 34.1 Å². The number of carboxylic acid groups (broad SMARTS) is 2. The second kappa shape index (κ2) is 12.0. The van der Waals surface area contributed by atoms with E-state index in [0.29, 0.717) is 6.54 Å². The second-order valence-corrected chi connectivity index (χ2v) is 11.4. The maximum absolute atomic E-state index is 13.6. The van der Waals surface area contributed by atoms with Gasteiger partial charge in [-0.05, 0) is 19.9 Å². The number of carboxylic acids is 2. The Morgan fingerprint density at radius 3 is 2.64 bits per heavy atom. The summed E-state index contributed by atoms with van der Waals surface area (Å²) in [5.74, 6) is -4.07. The van der Waals surface area contributed by atoms with Crippen LogP contribution in [0.25, 0.3) is 0 Å². The topological polar surface area (TPSA) is 252 Å². The minimum Gasteiger partial charge on any atom is -0.481 e. The Balaban J connectivity index is 1.65. The highest BCUT2D eigenvalue weighted by molar-refractivity contribution is 8.00. The number of thiazole rings is 1. The van der Waals surface area contributed by atoms with E-state index >= 15 is 0 Å². The number of fused-ring (bicyclic) bond motifs is 1. The number of hydrogen-bond donors (Lipinski definition) is 6. The van der Waals surface area contributed by atoms with Gasteiger partial charge in [0.1, 0.15) is 29.0 Å². The first kappa shape index (κ1) is 30.9. The van der Waals surface area contributed by atoms with Crippen molar-refractivity contribution < 1.29 is 34.2 Å². The van der Waals surface area contributed by atoms with Crippen LogP contribution in [0.1, 0.15) is 26.0 Å². The molecule has 4 rings (SSSR count). The number of aliphatic carboxylic acids is 2. The standard InChI is InChI=1S/C23H27N9O7S3/c1-3-31-13(24)5-11(27-21(31)25)10-6-41-20-23(8-40,19(38)32(20)16(10)18(36)37)29-17(35)15(12-7-42-22(26)28-12)30-39-9(2)4-14(33)34/h5,7-9,13,20H,3-4,6,24H2,1-2H3,(H2,25,27)(H2,26,28)(H,29,35)(H,33,34)(H,36,37)/b30-15-/t9?,13?,20-,23+/m1/s1. The van der Waals surface area contributed by atoms with Crippen LogP contribution in [0.2, 0.25) is 0 Å². The number of aliphatic imine (C=N–C) groups is 1. The highest BCUT2D eigenvalue weighted by Gasteiger charge is 2.65. The first-order valence-corrected chi connectivity index (χ1v) is 14.7. The molecule has 42 heavy (non-hydrogen) atoms. The highest BCUT2D eigenvalue weighted by Crippen LogP contribution is 2.47. The minimum atomic E-state index is -1.79. The van der Waals surface area contributed by atoms with Crippen LogP contribution in [0.5, 0.6) is 0 Å². The predicted octanol–water partition coefficient (Wildman–Crippen LogP) is -0.763. The number of nitrogens with one attached hydrogen (secondary N) is 1. The number of nitrogen functional groups attached to an aromatic ring is 1. The number of nitrogens with zero attached hydrogens (tertiary/aromatic N) is 5. The van der Waals surface area contributed by atoms with Crippen LogP contribution >= 0.6 is 35.3 Å². The van der Waals surface area contributed by atoms with Crippen LogP contribution in [-0.4, -0.2) is 101 Å². The molecule has 3 aliphatic rings. The molecular formula is C23H27N9O7S3. The van der Waals surface area contributed by atoms with Gasteiger partial charge in [-0.2, -0.15) is 0 Å². The summed E-state index contributed by atoms with van der Waals surface area (Å²) in [5.41, 5.74) is 15.9. The lowest BCUT2D eigenvalue weighted by atomic mass is 9.87. The molecule has 4 heterocycles. The predicted molar refractivity (Wildman–Crippen MR) is 158 cm³/mol. The monoisotopic (exact) mass is 637 g/mol. The molecule has 9 N–H and O–H groups in total. The summed E-state index contributed by atoms with van der Waals surface area (Å²) in [4.78, 5) is 66.7. The van der Waals surface area contributed by atoms with Crippen LogP contribution in [0.15, 0.2) is 38.6 Å². The number of amides is 2. The Bertz CT molecular complexity index is 1470. The molecule has 2 amide bonds. The molecule has 1 aromatic rings. The third kappa shape index (κ3) is 5.54. The van der Waals surface area contributed by atoms with Crippen molar-refractivity contribution in [2.45, 2.75) is 43.5 Å². The maximum atomic E-state index is 13.6. The van der Waals surface area contributed by atoms with Gasteiger partial charge in [-0.15, -0.1) is 23.1 Å². The summed E-state index contributed by atoms with van der Waals surface area (Å²) in [7, 11) is 0. The van der Waals surface area contributed by atoms with E-state index in [1.165, 1.54) is 12.3 Å². The van der Waals surface area contributed by atoms with Crippen molar-refractivity contribution in [2.75, 3.05) is 18.0 Å². The number of nitrogens with two attached hydrogens (primary N) is 3. The van der Waals surface area contributed by atoms with Gasteiger partial charge in [0.2, 0.25) is 0 Å². The molecule has 16 nitrogen and oxygen atoms in total. The third-order valence-electron chi connectivity index (χ3n) is 6.45. The van der Waals surface area contributed by atoms with Gasteiger partial charge in [0.05, 0.1) is 12.1 Å². The first-order valence-electron chi connectivity index (χ1n) is 12.3. The SMILES string of the molecule is CCN1C(N)=NC(C2=C(C(=O)O)N3C(=O)[C@](C=S)(NC(=O)/C(=N\OC(C)CC(=O)O)c4csc(N)n4)[C@H]3SC2)=CC1N. The molecule has 224 valence electrons. The van der Waals surface area contributed by atoms with E-state index in [9.17, 15) is 24.3 Å². The lowest BCUT2D eigenvalue weighted by Crippen LogP contribution is -2.81. The third-order valence-corrected chi connectivity index (χ3v) is 8.85. The summed E-state index contributed by atoms with van der Waals surface area (Å²) in [6.07, 6.45) is -0.392. The van der Waals surface area contributed by atoms with E-state index in [-0.39, 0.29) is 45.2 Å². The molecule has 0 spiro atoms. The lowest BCUT2D eigenvalue weighted by molar-refractivity contribution is -0.153. The molecule has 0 saturated carbocycles. The van der Waals surface area contributed by atoms with E-state index in [1.807, 2.05) is 6.92 Å². The zero-order valence-electron chi connectivity index (χ0n) is 22.2. The van der Waals surface area contributed by atoms with Crippen molar-refractivity contribution >= 4 is 81.2 Å². The van der Waals surface area contributed by atoms with Crippen LogP contribution < -0.4 is 22.5 Å². The van der Waals surface area contributed by atoms with E-state index in [4.69, 9.17) is 39.4 Å². The van der Waals surface area contributed by atoms with Gasteiger partial charge in [0.15, 0.2) is 22.3 Å². The number of anilines is 1. The number of hydrogen-bond acceptors (Lipinski definition) is 15. The van der Waals surface area contributed by atoms with Gasteiger partial charge in [0, 0.05) is 28.6 Å². The zero-order chi connectivity index (χ0) is 30.9. The van der Waals surface area contributed by atoms with E-state index in [2.05, 4.69) is 20.4 Å². The smallest absolute Gasteiger partial charge is 0.353 e. The number of allylic oxidation sites excluding steroid dienone is 1. The number of thioether (sulfide) groups is 1. The van der Waals surface area contributed by atoms with E-state index in [1.54, 1.807) is 11.0 Å². The Hall–Kier alpha value is -4.07. The fraction of sp³-hybridized carbons (Fsp3) is 0.391. The molecule has 0 aliphatic carbocycles. The quantitative estimate of drug-likeness (QED) is 0.0755.